The normalized spacial score (nSPS) is 21.1. The van der Waals surface area contributed by atoms with Gasteiger partial charge in [0.1, 0.15) is 17.6 Å². The zero-order chi connectivity index (χ0) is 41.0. The predicted octanol–water partition coefficient (Wildman–Crippen LogP) is 12.3. The monoisotopic (exact) mass is 786 g/mol. The Bertz CT molecular complexity index is 1600. The van der Waals surface area contributed by atoms with E-state index in [1.165, 1.54) is 7.11 Å². The van der Waals surface area contributed by atoms with Crippen LogP contribution in [0.15, 0.2) is 29.0 Å². The van der Waals surface area contributed by atoms with Gasteiger partial charge in [-0.05, 0) is 93.1 Å². The Morgan fingerprint density at radius 2 is 1.42 bits per heavy atom. The summed E-state index contributed by atoms with van der Waals surface area (Å²) < 4.78 is 34.1. The SMILES string of the molecule is COC1=C(C)C(=O)c2c(cc(O[Si](C(C)C)(C(C)C)C(C)C)c3c2O[C@H](C)[C@]3(C)[C@@H](C/C=C(/C)CO[Si](C)(C)C(C)(C)C)O[Si](C)(C)C(C)(C)C)C1=O. The summed E-state index contributed by atoms with van der Waals surface area (Å²) >= 11 is 0. The lowest BCUT2D eigenvalue weighted by Gasteiger charge is -2.47. The molecule has 0 bridgehead atoms. The van der Waals surface area contributed by atoms with Gasteiger partial charge in [-0.3, -0.25) is 9.59 Å². The van der Waals surface area contributed by atoms with E-state index in [1.807, 2.05) is 6.07 Å². The number of carbonyl (C=O) groups excluding carboxylic acids is 2. The van der Waals surface area contributed by atoms with Crippen molar-refractivity contribution in [2.45, 2.75) is 188 Å². The fourth-order valence-corrected chi connectivity index (χ4v) is 15.5. The lowest BCUT2D eigenvalue weighted by atomic mass is 9.71. The van der Waals surface area contributed by atoms with Crippen LogP contribution >= 0.6 is 0 Å². The van der Waals surface area contributed by atoms with Gasteiger partial charge in [0.15, 0.2) is 28.2 Å². The minimum absolute atomic E-state index is 0.0532. The number of ketones is 2. The maximum absolute atomic E-state index is 14.3. The van der Waals surface area contributed by atoms with Gasteiger partial charge in [0, 0.05) is 16.7 Å². The number of rotatable bonds is 14. The molecule has 0 saturated heterocycles. The average Bonchev–Trinajstić information content (AvgIpc) is 3.28. The van der Waals surface area contributed by atoms with Crippen LogP contribution in [-0.4, -0.2) is 62.4 Å². The van der Waals surface area contributed by atoms with Gasteiger partial charge in [0.25, 0.3) is 8.32 Å². The van der Waals surface area contributed by atoms with Crippen LogP contribution in [-0.2, 0) is 19.0 Å². The highest BCUT2D eigenvalue weighted by Gasteiger charge is 2.57. The van der Waals surface area contributed by atoms with Gasteiger partial charge >= 0.3 is 0 Å². The summed E-state index contributed by atoms with van der Waals surface area (Å²) in [5.41, 5.74) is 2.97. The van der Waals surface area contributed by atoms with Crippen molar-refractivity contribution in [1.29, 1.82) is 0 Å². The Kier molecular flexibility index (Phi) is 13.3. The number of carbonyl (C=O) groups is 2. The molecule has 300 valence electrons. The number of Topliss-reactive ketones (excluding diaryl/α,β-unsaturated/α-hetero) is 2. The molecule has 7 nitrogen and oxygen atoms in total. The molecule has 3 rings (SSSR count). The van der Waals surface area contributed by atoms with Crippen LogP contribution in [0.3, 0.4) is 0 Å². The van der Waals surface area contributed by atoms with Crippen molar-refractivity contribution < 1.29 is 32.3 Å². The molecular weight excluding hydrogens is 713 g/mol. The van der Waals surface area contributed by atoms with E-state index in [-0.39, 0.29) is 67.4 Å². The van der Waals surface area contributed by atoms with E-state index in [1.54, 1.807) is 6.92 Å². The molecule has 0 aromatic heterocycles. The average molecular weight is 787 g/mol. The van der Waals surface area contributed by atoms with E-state index >= 15 is 0 Å². The lowest BCUT2D eigenvalue weighted by Crippen LogP contribution is -2.54. The Labute approximate surface area is 326 Å². The predicted molar refractivity (Wildman–Crippen MR) is 228 cm³/mol. The molecule has 1 heterocycles. The number of fused-ring (bicyclic) bond motifs is 3. The quantitative estimate of drug-likeness (QED) is 0.137. The zero-order valence-electron chi connectivity index (χ0n) is 37.3. The number of allylic oxidation sites excluding steroid dienone is 2. The summed E-state index contributed by atoms with van der Waals surface area (Å²) in [6, 6.07) is 1.84. The van der Waals surface area contributed by atoms with E-state index < -0.39 is 30.4 Å². The van der Waals surface area contributed by atoms with Gasteiger partial charge in [0.2, 0.25) is 5.78 Å². The van der Waals surface area contributed by atoms with Crippen molar-refractivity contribution in [2.24, 2.45) is 0 Å². The molecule has 53 heavy (non-hydrogen) atoms. The zero-order valence-corrected chi connectivity index (χ0v) is 40.3. The lowest BCUT2D eigenvalue weighted by molar-refractivity contribution is 0.0467. The van der Waals surface area contributed by atoms with Crippen LogP contribution < -0.4 is 9.16 Å². The van der Waals surface area contributed by atoms with Crippen LogP contribution in [0, 0.1) is 0 Å². The number of ether oxygens (including phenoxy) is 2. The third-order valence-electron chi connectivity index (χ3n) is 13.5. The van der Waals surface area contributed by atoms with E-state index in [4.69, 9.17) is 22.8 Å². The minimum Gasteiger partial charge on any atom is -0.542 e. The van der Waals surface area contributed by atoms with Gasteiger partial charge in [-0.15, -0.1) is 0 Å². The van der Waals surface area contributed by atoms with E-state index in [9.17, 15) is 9.59 Å². The molecule has 1 aromatic carbocycles. The molecule has 0 amide bonds. The molecule has 1 aliphatic carbocycles. The number of hydrogen-bond donors (Lipinski definition) is 0. The smallest absolute Gasteiger partial charge is 0.258 e. The molecule has 0 fully saturated rings. The van der Waals surface area contributed by atoms with Crippen molar-refractivity contribution in [1.82, 2.24) is 0 Å². The van der Waals surface area contributed by atoms with Crippen LogP contribution in [0.25, 0.3) is 0 Å². The highest BCUT2D eigenvalue weighted by atomic mass is 28.4. The first kappa shape index (κ1) is 45.4. The third kappa shape index (κ3) is 8.14. The van der Waals surface area contributed by atoms with E-state index in [0.29, 0.717) is 30.1 Å². The van der Waals surface area contributed by atoms with E-state index in [0.717, 1.165) is 11.1 Å². The first-order valence-electron chi connectivity index (χ1n) is 19.8. The van der Waals surface area contributed by atoms with Gasteiger partial charge in [-0.25, -0.2) is 0 Å². The second-order valence-corrected chi connectivity index (χ2v) is 34.9. The highest BCUT2D eigenvalue weighted by Crippen LogP contribution is 2.57. The highest BCUT2D eigenvalue weighted by molar-refractivity contribution is 6.78. The molecule has 1 aromatic rings. The minimum atomic E-state index is -2.56. The largest absolute Gasteiger partial charge is 0.542 e. The summed E-state index contributed by atoms with van der Waals surface area (Å²) in [6.07, 6.45) is 2.20. The van der Waals surface area contributed by atoms with Crippen molar-refractivity contribution in [3.05, 3.63) is 45.7 Å². The maximum atomic E-state index is 14.3. The molecule has 3 atom stereocenters. The molecule has 2 aliphatic rings. The van der Waals surface area contributed by atoms with Crippen LogP contribution in [0.4, 0.5) is 0 Å². The van der Waals surface area contributed by atoms with Gasteiger partial charge in [-0.2, -0.15) is 0 Å². The standard InChI is InChI=1S/C43H74O7Si3/c1-26(2)53(27(3)4,28(5)6)49-33-24-32-35(37(44)30(8)39(46-17)38(32)45)40-36(33)43(16,31(9)48-40)34(50-52(20,21)42(13,14)15)23-22-29(7)25-47-51(18,19)41(10,11)12/h22,24,26-28,31,34H,23,25H2,1-21H3/b29-22-/t31-,34-,43-/m1/s1. The molecule has 1 aliphatic heterocycles. The van der Waals surface area contributed by atoms with Crippen LogP contribution in [0.1, 0.15) is 143 Å². The Morgan fingerprint density at radius 1 is 0.906 bits per heavy atom. The first-order valence-corrected chi connectivity index (χ1v) is 27.8. The molecule has 0 unspecified atom stereocenters. The molecule has 0 spiro atoms. The number of hydrogen-bond acceptors (Lipinski definition) is 7. The van der Waals surface area contributed by atoms with Gasteiger partial charge < -0.3 is 22.8 Å². The molecule has 0 saturated carbocycles. The van der Waals surface area contributed by atoms with Crippen molar-refractivity contribution >= 4 is 36.5 Å². The summed E-state index contributed by atoms with van der Waals surface area (Å²) in [6.45, 7) is 45.0. The Morgan fingerprint density at radius 3 is 1.87 bits per heavy atom. The van der Waals surface area contributed by atoms with E-state index in [2.05, 4.69) is 136 Å². The summed E-state index contributed by atoms with van der Waals surface area (Å²) in [5.74, 6) is 0.580. The molecule has 10 heteroatoms. The summed E-state index contributed by atoms with van der Waals surface area (Å²) in [7, 11) is -5.43. The topological polar surface area (TPSA) is 80.3 Å². The fourth-order valence-electron chi connectivity index (χ4n) is 7.87. The maximum Gasteiger partial charge on any atom is 0.258 e. The Balaban J connectivity index is 2.41. The molecular formula is C43H74O7Si3. The second-order valence-electron chi connectivity index (χ2n) is 20.0. The summed E-state index contributed by atoms with van der Waals surface area (Å²) in [4.78, 5) is 28.4. The number of benzene rings is 1. The van der Waals surface area contributed by atoms with Crippen molar-refractivity contribution in [3.63, 3.8) is 0 Å². The summed E-state index contributed by atoms with van der Waals surface area (Å²) in [5, 5.41) is 0.0594. The van der Waals surface area contributed by atoms with Gasteiger partial charge in [-0.1, -0.05) is 94.7 Å². The van der Waals surface area contributed by atoms with Crippen molar-refractivity contribution in [3.8, 4) is 11.5 Å². The third-order valence-corrected chi connectivity index (χ3v) is 28.5. The van der Waals surface area contributed by atoms with Crippen LogP contribution in [0.5, 0.6) is 11.5 Å². The first-order chi connectivity index (χ1) is 23.9. The van der Waals surface area contributed by atoms with Crippen molar-refractivity contribution in [2.75, 3.05) is 13.7 Å². The Hall–Kier alpha value is -1.99. The molecule has 0 radical (unpaired) electrons. The molecule has 0 N–H and O–H groups in total. The number of methoxy groups -OCH3 is 1. The van der Waals surface area contributed by atoms with Gasteiger partial charge in [0.05, 0.1) is 30.8 Å². The van der Waals surface area contributed by atoms with Crippen LogP contribution in [0.2, 0.25) is 52.9 Å². The second kappa shape index (κ2) is 15.5. The fraction of sp³-hybridized carbons (Fsp3) is 0.721.